The summed E-state index contributed by atoms with van der Waals surface area (Å²) in [6, 6.07) is 7.94. The maximum atomic E-state index is 13.8. The molecule has 0 atom stereocenters. The lowest BCUT2D eigenvalue weighted by atomic mass is 10.1. The fourth-order valence-electron chi connectivity index (χ4n) is 4.10. The molecule has 11 heteroatoms. The molecule has 3 heterocycles. The van der Waals surface area contributed by atoms with E-state index in [1.807, 2.05) is 24.8 Å². The Morgan fingerprint density at radius 1 is 1.12 bits per heavy atom. The summed E-state index contributed by atoms with van der Waals surface area (Å²) in [5.74, 6) is 0.342. The molecule has 224 valence electrons. The molecule has 1 aromatic carbocycles. The van der Waals surface area contributed by atoms with E-state index >= 15 is 0 Å². The standard InChI is InChI=1S/C25H29ClFN7O2.C3H8.C2H6/c1-29-23(33-7-9-34(10-8-33)25-19(24(28)35)3-2-6-30-25)16-22(18-4-5-21(27)20(26)15-18)31-17-32-11-13-36-14-12-32;1-3-2;1-2/h2-6,15-17H,7-14H2,1H3,(H2,28,35);3H2,1-2H3;1-2H3/b22-16-,29-23?,31-17?;;. The molecule has 9 nitrogen and oxygen atoms in total. The van der Waals surface area contributed by atoms with Crippen molar-refractivity contribution in [1.29, 1.82) is 0 Å². The molecule has 41 heavy (non-hydrogen) atoms. The van der Waals surface area contributed by atoms with E-state index < -0.39 is 11.7 Å². The van der Waals surface area contributed by atoms with Crippen molar-refractivity contribution in [3.05, 3.63) is 64.6 Å². The molecule has 2 N–H and O–H groups in total. The summed E-state index contributed by atoms with van der Waals surface area (Å²) in [6.07, 6.45) is 6.57. The Bertz CT molecular complexity index is 1190. The molecular weight excluding hydrogens is 545 g/mol. The van der Waals surface area contributed by atoms with Gasteiger partial charge in [-0.25, -0.2) is 14.4 Å². The number of aromatic nitrogens is 1. The highest BCUT2D eigenvalue weighted by atomic mass is 35.5. The Kier molecular flexibility index (Phi) is 14.8. The van der Waals surface area contributed by atoms with E-state index in [2.05, 4.69) is 33.6 Å². The molecule has 1 amide bonds. The van der Waals surface area contributed by atoms with Gasteiger partial charge in [0.1, 0.15) is 17.5 Å². The van der Waals surface area contributed by atoms with Gasteiger partial charge in [0, 0.05) is 64.2 Å². The van der Waals surface area contributed by atoms with Gasteiger partial charge in [-0.05, 0) is 30.3 Å². The van der Waals surface area contributed by atoms with Crippen LogP contribution in [0.4, 0.5) is 10.2 Å². The van der Waals surface area contributed by atoms with Crippen LogP contribution in [0.1, 0.15) is 50.0 Å². The van der Waals surface area contributed by atoms with Gasteiger partial charge in [-0.1, -0.05) is 45.7 Å². The van der Waals surface area contributed by atoms with Gasteiger partial charge in [-0.15, -0.1) is 0 Å². The number of primary amides is 1. The van der Waals surface area contributed by atoms with Crippen LogP contribution in [0, 0.1) is 5.82 Å². The number of amidine groups is 1. The van der Waals surface area contributed by atoms with Crippen LogP contribution in [-0.4, -0.2) is 92.4 Å². The van der Waals surface area contributed by atoms with Crippen LogP contribution in [0.3, 0.4) is 0 Å². The Labute approximate surface area is 248 Å². The fourth-order valence-corrected chi connectivity index (χ4v) is 4.28. The number of aliphatic imine (C=N–C) groups is 2. The normalized spacial score (nSPS) is 16.1. The van der Waals surface area contributed by atoms with Gasteiger partial charge in [0.05, 0.1) is 35.8 Å². The number of carbonyl (C=O) groups excluding carboxylic acids is 1. The molecule has 1 aromatic heterocycles. The Morgan fingerprint density at radius 2 is 1.78 bits per heavy atom. The maximum absolute atomic E-state index is 13.8. The van der Waals surface area contributed by atoms with Crippen LogP contribution >= 0.6 is 11.6 Å². The summed E-state index contributed by atoms with van der Waals surface area (Å²) in [5, 5.41) is 0.0317. The largest absolute Gasteiger partial charge is 0.378 e. The fraction of sp³-hybridized carbons (Fsp3) is 0.467. The van der Waals surface area contributed by atoms with Crippen molar-refractivity contribution in [2.24, 2.45) is 15.7 Å². The lowest BCUT2D eigenvalue weighted by molar-refractivity contribution is 0.0701. The summed E-state index contributed by atoms with van der Waals surface area (Å²) in [5.41, 5.74) is 7.24. The summed E-state index contributed by atoms with van der Waals surface area (Å²) in [6.45, 7) is 13.6. The first-order valence-corrected chi connectivity index (χ1v) is 14.5. The van der Waals surface area contributed by atoms with Gasteiger partial charge in [0.2, 0.25) is 0 Å². The van der Waals surface area contributed by atoms with E-state index in [-0.39, 0.29) is 5.02 Å². The third-order valence-corrected chi connectivity index (χ3v) is 6.36. The number of ether oxygens (including phenoxy) is 1. The lowest BCUT2D eigenvalue weighted by Crippen LogP contribution is -2.49. The number of carbonyl (C=O) groups is 1. The third-order valence-electron chi connectivity index (χ3n) is 6.07. The molecule has 4 rings (SSSR count). The van der Waals surface area contributed by atoms with E-state index in [1.54, 1.807) is 43.8 Å². The van der Waals surface area contributed by atoms with E-state index in [1.165, 1.54) is 12.5 Å². The summed E-state index contributed by atoms with van der Waals surface area (Å²) >= 11 is 6.07. The molecule has 2 saturated heterocycles. The van der Waals surface area contributed by atoms with Crippen LogP contribution in [0.2, 0.25) is 5.02 Å². The minimum atomic E-state index is -0.500. The zero-order valence-corrected chi connectivity index (χ0v) is 25.6. The van der Waals surface area contributed by atoms with Crippen LogP contribution < -0.4 is 10.6 Å². The number of nitrogens with two attached hydrogens (primary N) is 1. The lowest BCUT2D eigenvalue weighted by Gasteiger charge is -2.37. The summed E-state index contributed by atoms with van der Waals surface area (Å²) in [4.78, 5) is 31.7. The van der Waals surface area contributed by atoms with Crippen LogP contribution in [0.15, 0.2) is 52.6 Å². The predicted molar refractivity (Wildman–Crippen MR) is 167 cm³/mol. The molecule has 0 bridgehead atoms. The Hall–Kier alpha value is -3.50. The highest BCUT2D eigenvalue weighted by Crippen LogP contribution is 2.24. The first kappa shape index (κ1) is 33.7. The summed E-state index contributed by atoms with van der Waals surface area (Å²) in [7, 11) is 1.73. The molecule has 0 spiro atoms. The molecule has 0 saturated carbocycles. The van der Waals surface area contributed by atoms with Crippen molar-refractivity contribution in [3.63, 3.8) is 0 Å². The molecule has 2 aromatic rings. The zero-order valence-electron chi connectivity index (χ0n) is 24.8. The third kappa shape index (κ3) is 10.1. The number of rotatable bonds is 6. The average Bonchev–Trinajstić information content (AvgIpc) is 3.01. The minimum absolute atomic E-state index is 0.0317. The van der Waals surface area contributed by atoms with E-state index in [0.717, 1.165) is 18.9 Å². The molecule has 0 radical (unpaired) electrons. The number of anilines is 1. The molecule has 2 fully saturated rings. The Morgan fingerprint density at radius 3 is 2.37 bits per heavy atom. The number of amides is 1. The second kappa shape index (κ2) is 18.0. The number of piperazine rings is 1. The maximum Gasteiger partial charge on any atom is 0.252 e. The number of halogens is 2. The molecule has 0 unspecified atom stereocenters. The van der Waals surface area contributed by atoms with Gasteiger partial charge < -0.3 is 25.2 Å². The molecule has 2 aliphatic heterocycles. The van der Waals surface area contributed by atoms with E-state index in [4.69, 9.17) is 27.1 Å². The first-order valence-electron chi connectivity index (χ1n) is 14.1. The highest BCUT2D eigenvalue weighted by Gasteiger charge is 2.23. The predicted octanol–water partition coefficient (Wildman–Crippen LogP) is 4.97. The van der Waals surface area contributed by atoms with E-state index in [0.29, 0.717) is 62.0 Å². The number of morpholine rings is 1. The van der Waals surface area contributed by atoms with Crippen molar-refractivity contribution in [1.82, 2.24) is 14.8 Å². The second-order valence-electron chi connectivity index (χ2n) is 9.05. The van der Waals surface area contributed by atoms with Gasteiger partial charge in [0.15, 0.2) is 0 Å². The smallest absolute Gasteiger partial charge is 0.252 e. The summed E-state index contributed by atoms with van der Waals surface area (Å²) < 4.78 is 19.2. The SMILES string of the molecule is CC.CCC.CN=C(/C=C(\N=CN1CCOCC1)c1ccc(F)c(Cl)c1)N1CCN(c2ncccc2C(N)=O)CC1. The van der Waals surface area contributed by atoms with Crippen molar-refractivity contribution >= 4 is 41.2 Å². The van der Waals surface area contributed by atoms with Gasteiger partial charge in [-0.2, -0.15) is 0 Å². The topological polar surface area (TPSA) is 99.7 Å². The van der Waals surface area contributed by atoms with E-state index in [9.17, 15) is 9.18 Å². The van der Waals surface area contributed by atoms with Gasteiger partial charge >= 0.3 is 0 Å². The van der Waals surface area contributed by atoms with Crippen molar-refractivity contribution in [2.75, 3.05) is 64.4 Å². The zero-order chi connectivity index (χ0) is 30.2. The number of benzene rings is 1. The quantitative estimate of drug-likeness (QED) is 0.378. The molecule has 0 aliphatic carbocycles. The molecular formula is C30H43ClFN7O2. The number of hydrogen-bond acceptors (Lipinski definition) is 6. The Balaban J connectivity index is 0.00000110. The minimum Gasteiger partial charge on any atom is -0.378 e. The number of hydrogen-bond donors (Lipinski definition) is 1. The van der Waals surface area contributed by atoms with Crippen molar-refractivity contribution in [3.8, 4) is 0 Å². The number of nitrogens with zero attached hydrogens (tertiary/aromatic N) is 6. The average molecular weight is 588 g/mol. The highest BCUT2D eigenvalue weighted by molar-refractivity contribution is 6.30. The number of pyridine rings is 1. The first-order chi connectivity index (χ1) is 19.9. The van der Waals surface area contributed by atoms with Gasteiger partial charge in [0.25, 0.3) is 5.91 Å². The second-order valence-corrected chi connectivity index (χ2v) is 9.46. The van der Waals surface area contributed by atoms with Crippen molar-refractivity contribution < 1.29 is 13.9 Å². The van der Waals surface area contributed by atoms with Crippen LogP contribution in [-0.2, 0) is 4.74 Å². The van der Waals surface area contributed by atoms with Crippen LogP contribution in [0.25, 0.3) is 5.70 Å². The van der Waals surface area contributed by atoms with Crippen molar-refractivity contribution in [2.45, 2.75) is 34.1 Å². The van der Waals surface area contributed by atoms with Gasteiger partial charge in [-0.3, -0.25) is 9.79 Å². The molecule has 2 aliphatic rings. The monoisotopic (exact) mass is 587 g/mol. The van der Waals surface area contributed by atoms with Crippen LogP contribution in [0.5, 0.6) is 0 Å².